The lowest BCUT2D eigenvalue weighted by Gasteiger charge is -2.27. The van der Waals surface area contributed by atoms with Crippen LogP contribution in [0.5, 0.6) is 0 Å². The van der Waals surface area contributed by atoms with Crippen molar-refractivity contribution in [2.24, 2.45) is 0 Å². The van der Waals surface area contributed by atoms with E-state index in [0.717, 1.165) is 5.56 Å². The molecule has 1 aliphatic rings. The molecule has 2 unspecified atom stereocenters. The summed E-state index contributed by atoms with van der Waals surface area (Å²) >= 11 is 0. The van der Waals surface area contributed by atoms with Crippen molar-refractivity contribution in [2.75, 3.05) is 13.8 Å². The molecule has 4 heteroatoms. The summed E-state index contributed by atoms with van der Waals surface area (Å²) in [6.45, 7) is 0.176. The second-order valence-corrected chi connectivity index (χ2v) is 4.58. The third-order valence-corrected chi connectivity index (χ3v) is 3.50. The summed E-state index contributed by atoms with van der Waals surface area (Å²) in [7, 11) is 1.38. The molecule has 0 spiro atoms. The largest absolute Gasteiger partial charge is 0.468 e. The number of alkyl halides is 1. The first-order chi connectivity index (χ1) is 8.76. The Balaban J connectivity index is 2.12. The van der Waals surface area contributed by atoms with Gasteiger partial charge in [0.15, 0.2) is 0 Å². The first-order valence-electron chi connectivity index (χ1n) is 6.19. The van der Waals surface area contributed by atoms with Gasteiger partial charge in [0, 0.05) is 12.6 Å². The third-order valence-electron chi connectivity index (χ3n) is 3.50. The Morgan fingerprint density at radius 3 is 2.72 bits per heavy atom. The highest BCUT2D eigenvalue weighted by molar-refractivity contribution is 5.76. The molecule has 1 aromatic rings. The van der Waals surface area contributed by atoms with Crippen LogP contribution in [0.3, 0.4) is 0 Å². The van der Waals surface area contributed by atoms with Crippen molar-refractivity contribution in [3.8, 4) is 0 Å². The molecule has 2 atom stereocenters. The SMILES string of the molecule is COC(=O)C1CCC(CF)N1Cc1ccccc1. The molecule has 1 aromatic carbocycles. The third kappa shape index (κ3) is 2.70. The Bertz CT molecular complexity index is 396. The van der Waals surface area contributed by atoms with Crippen molar-refractivity contribution in [1.29, 1.82) is 0 Å². The quantitative estimate of drug-likeness (QED) is 0.768. The van der Waals surface area contributed by atoms with Crippen LogP contribution in [0.15, 0.2) is 30.3 Å². The maximum Gasteiger partial charge on any atom is 0.323 e. The number of carbonyl (C=O) groups is 1. The molecule has 1 saturated heterocycles. The summed E-state index contributed by atoms with van der Waals surface area (Å²) in [4.78, 5) is 13.6. The number of carbonyl (C=O) groups excluding carboxylic acids is 1. The van der Waals surface area contributed by atoms with Crippen LogP contribution in [0.25, 0.3) is 0 Å². The van der Waals surface area contributed by atoms with Gasteiger partial charge in [-0.25, -0.2) is 4.39 Å². The first-order valence-corrected chi connectivity index (χ1v) is 6.19. The minimum atomic E-state index is -0.416. The molecular weight excluding hydrogens is 233 g/mol. The van der Waals surface area contributed by atoms with Crippen LogP contribution < -0.4 is 0 Å². The van der Waals surface area contributed by atoms with E-state index in [9.17, 15) is 9.18 Å². The van der Waals surface area contributed by atoms with Crippen LogP contribution in [0.2, 0.25) is 0 Å². The monoisotopic (exact) mass is 251 g/mol. The number of benzene rings is 1. The Morgan fingerprint density at radius 1 is 1.39 bits per heavy atom. The Morgan fingerprint density at radius 2 is 2.11 bits per heavy atom. The highest BCUT2D eigenvalue weighted by Crippen LogP contribution is 2.27. The Kier molecular flexibility index (Phi) is 4.31. The molecule has 18 heavy (non-hydrogen) atoms. The highest BCUT2D eigenvalue weighted by atomic mass is 19.1. The summed E-state index contributed by atoms with van der Waals surface area (Å²) in [6.07, 6.45) is 1.39. The van der Waals surface area contributed by atoms with Gasteiger partial charge in [0.25, 0.3) is 0 Å². The van der Waals surface area contributed by atoms with Crippen molar-refractivity contribution in [3.05, 3.63) is 35.9 Å². The van der Waals surface area contributed by atoms with Crippen LogP contribution in [-0.2, 0) is 16.1 Å². The molecular formula is C14H18FNO2. The zero-order valence-corrected chi connectivity index (χ0v) is 10.5. The van der Waals surface area contributed by atoms with Gasteiger partial charge in [-0.15, -0.1) is 0 Å². The summed E-state index contributed by atoms with van der Waals surface area (Å²) in [6, 6.07) is 9.33. The fourth-order valence-corrected chi connectivity index (χ4v) is 2.52. The lowest BCUT2D eigenvalue weighted by Crippen LogP contribution is -2.41. The smallest absolute Gasteiger partial charge is 0.323 e. The molecule has 0 amide bonds. The molecule has 0 N–H and O–H groups in total. The van der Waals surface area contributed by atoms with Crippen molar-refractivity contribution < 1.29 is 13.9 Å². The van der Waals surface area contributed by atoms with Crippen molar-refractivity contribution in [1.82, 2.24) is 4.90 Å². The number of hydrogen-bond donors (Lipinski definition) is 0. The van der Waals surface area contributed by atoms with Gasteiger partial charge in [0.05, 0.1) is 7.11 Å². The van der Waals surface area contributed by atoms with Gasteiger partial charge in [-0.2, -0.15) is 0 Å². The summed E-state index contributed by atoms with van der Waals surface area (Å²) in [5.74, 6) is -0.262. The van der Waals surface area contributed by atoms with E-state index in [0.29, 0.717) is 19.4 Å². The topological polar surface area (TPSA) is 29.5 Å². The van der Waals surface area contributed by atoms with E-state index in [4.69, 9.17) is 4.74 Å². The zero-order valence-electron chi connectivity index (χ0n) is 10.5. The molecule has 1 aliphatic heterocycles. The van der Waals surface area contributed by atoms with Gasteiger partial charge < -0.3 is 4.74 Å². The van der Waals surface area contributed by atoms with Gasteiger partial charge in [0.1, 0.15) is 12.7 Å². The van der Waals surface area contributed by atoms with Crippen LogP contribution in [0.4, 0.5) is 4.39 Å². The van der Waals surface area contributed by atoms with E-state index in [1.165, 1.54) is 7.11 Å². The second-order valence-electron chi connectivity index (χ2n) is 4.58. The van der Waals surface area contributed by atoms with Crippen LogP contribution in [-0.4, -0.2) is 36.7 Å². The van der Waals surface area contributed by atoms with Crippen molar-refractivity contribution >= 4 is 5.97 Å². The molecule has 0 saturated carbocycles. The van der Waals surface area contributed by atoms with E-state index in [1.807, 2.05) is 35.2 Å². The Hall–Kier alpha value is -1.42. The van der Waals surface area contributed by atoms with E-state index in [2.05, 4.69) is 0 Å². The van der Waals surface area contributed by atoms with E-state index < -0.39 is 6.67 Å². The lowest BCUT2D eigenvalue weighted by atomic mass is 10.2. The van der Waals surface area contributed by atoms with Crippen LogP contribution >= 0.6 is 0 Å². The Labute approximate surface area is 107 Å². The maximum absolute atomic E-state index is 13.0. The number of hydrogen-bond acceptors (Lipinski definition) is 3. The highest BCUT2D eigenvalue weighted by Gasteiger charge is 2.38. The van der Waals surface area contributed by atoms with Gasteiger partial charge >= 0.3 is 5.97 Å². The predicted octanol–water partition coefficient (Wildman–Crippen LogP) is 2.16. The van der Waals surface area contributed by atoms with E-state index in [1.54, 1.807) is 0 Å². The molecule has 1 heterocycles. The number of nitrogens with zero attached hydrogens (tertiary/aromatic N) is 1. The molecule has 98 valence electrons. The molecule has 2 rings (SSSR count). The molecule has 3 nitrogen and oxygen atoms in total. The number of rotatable bonds is 4. The molecule has 0 bridgehead atoms. The van der Waals surface area contributed by atoms with Crippen LogP contribution in [0.1, 0.15) is 18.4 Å². The van der Waals surface area contributed by atoms with Crippen molar-refractivity contribution in [2.45, 2.75) is 31.5 Å². The lowest BCUT2D eigenvalue weighted by molar-refractivity contribution is -0.146. The minimum Gasteiger partial charge on any atom is -0.468 e. The molecule has 0 aromatic heterocycles. The zero-order chi connectivity index (χ0) is 13.0. The van der Waals surface area contributed by atoms with Crippen LogP contribution in [0, 0.1) is 0 Å². The fraction of sp³-hybridized carbons (Fsp3) is 0.500. The minimum absolute atomic E-state index is 0.172. The van der Waals surface area contributed by atoms with E-state index >= 15 is 0 Å². The summed E-state index contributed by atoms with van der Waals surface area (Å²) in [5.41, 5.74) is 1.09. The average molecular weight is 251 g/mol. The predicted molar refractivity (Wildman–Crippen MR) is 66.8 cm³/mol. The van der Waals surface area contributed by atoms with E-state index in [-0.39, 0.29) is 18.1 Å². The van der Waals surface area contributed by atoms with Crippen molar-refractivity contribution in [3.63, 3.8) is 0 Å². The number of methoxy groups -OCH3 is 1. The standard InChI is InChI=1S/C14H18FNO2/c1-18-14(17)13-8-7-12(9-15)16(13)10-11-5-3-2-4-6-11/h2-6,12-13H,7-10H2,1H3. The van der Waals surface area contributed by atoms with Gasteiger partial charge in [0.2, 0.25) is 0 Å². The first kappa shape index (κ1) is 13.0. The summed E-state index contributed by atoms with van der Waals surface area (Å²) in [5, 5.41) is 0. The second kappa shape index (κ2) is 5.96. The molecule has 1 fully saturated rings. The fourth-order valence-electron chi connectivity index (χ4n) is 2.52. The number of halogens is 1. The number of esters is 1. The molecule has 0 radical (unpaired) electrons. The van der Waals surface area contributed by atoms with Gasteiger partial charge in [-0.05, 0) is 18.4 Å². The number of likely N-dealkylation sites (tertiary alicyclic amines) is 1. The summed E-state index contributed by atoms with van der Waals surface area (Å²) < 4.78 is 17.8. The average Bonchev–Trinajstić information content (AvgIpc) is 2.82. The van der Waals surface area contributed by atoms with Gasteiger partial charge in [-0.3, -0.25) is 9.69 Å². The normalized spacial score (nSPS) is 24.1. The number of ether oxygens (including phenoxy) is 1. The maximum atomic E-state index is 13.0. The molecule has 0 aliphatic carbocycles. The van der Waals surface area contributed by atoms with Gasteiger partial charge in [-0.1, -0.05) is 30.3 Å².